The van der Waals surface area contributed by atoms with Gasteiger partial charge >= 0.3 is 12.0 Å². The number of hydrogen-bond donors (Lipinski definition) is 2. The summed E-state index contributed by atoms with van der Waals surface area (Å²) in [7, 11) is 0. The number of aliphatic carboxylic acids is 1. The highest BCUT2D eigenvalue weighted by molar-refractivity contribution is 7.99. The molecule has 2 rings (SSSR count). The third-order valence-electron chi connectivity index (χ3n) is 3.29. The van der Waals surface area contributed by atoms with E-state index in [0.717, 1.165) is 19.3 Å². The van der Waals surface area contributed by atoms with Gasteiger partial charge in [0, 0.05) is 11.3 Å². The van der Waals surface area contributed by atoms with Gasteiger partial charge in [0.2, 0.25) is 0 Å². The first-order valence-electron chi connectivity index (χ1n) is 5.41. The molecule has 2 N–H and O–H groups in total. The number of amides is 2. The molecular formula is C10H16N2O3S. The largest absolute Gasteiger partial charge is 0.480 e. The van der Waals surface area contributed by atoms with Crippen molar-refractivity contribution in [2.24, 2.45) is 0 Å². The molecular weight excluding hydrogens is 228 g/mol. The number of nitrogens with zero attached hydrogens (tertiary/aromatic N) is 1. The van der Waals surface area contributed by atoms with Crippen molar-refractivity contribution in [3.05, 3.63) is 0 Å². The second-order valence-electron chi connectivity index (χ2n) is 4.67. The van der Waals surface area contributed by atoms with E-state index in [-0.39, 0.29) is 11.6 Å². The molecule has 1 aliphatic heterocycles. The molecule has 2 aliphatic rings. The molecule has 1 heterocycles. The third-order valence-corrected chi connectivity index (χ3v) is 4.31. The zero-order chi connectivity index (χ0) is 11.8. The van der Waals surface area contributed by atoms with Gasteiger partial charge in [0.1, 0.15) is 6.04 Å². The van der Waals surface area contributed by atoms with Gasteiger partial charge < -0.3 is 15.3 Å². The van der Waals surface area contributed by atoms with Crippen LogP contribution in [0, 0.1) is 0 Å². The molecule has 1 saturated heterocycles. The normalized spacial score (nSPS) is 27.3. The highest BCUT2D eigenvalue weighted by Crippen LogP contribution is 2.31. The van der Waals surface area contributed by atoms with E-state index in [1.807, 2.05) is 6.92 Å². The summed E-state index contributed by atoms with van der Waals surface area (Å²) in [5.74, 6) is 0.0390. The van der Waals surface area contributed by atoms with Crippen LogP contribution in [0.2, 0.25) is 0 Å². The minimum absolute atomic E-state index is 0.118. The number of carboxylic acid groups (broad SMARTS) is 1. The number of rotatable bonds is 2. The molecule has 0 aromatic carbocycles. The van der Waals surface area contributed by atoms with E-state index in [0.29, 0.717) is 11.6 Å². The number of hydrogen-bond acceptors (Lipinski definition) is 3. The van der Waals surface area contributed by atoms with Crippen molar-refractivity contribution in [2.45, 2.75) is 37.8 Å². The smallest absolute Gasteiger partial charge is 0.327 e. The molecule has 2 fully saturated rings. The van der Waals surface area contributed by atoms with Crippen LogP contribution in [0.4, 0.5) is 4.79 Å². The monoisotopic (exact) mass is 244 g/mol. The van der Waals surface area contributed by atoms with Gasteiger partial charge in [-0.2, -0.15) is 0 Å². The first kappa shape index (κ1) is 11.6. The van der Waals surface area contributed by atoms with Gasteiger partial charge in [-0.25, -0.2) is 9.59 Å². The molecule has 1 aliphatic carbocycles. The van der Waals surface area contributed by atoms with Crippen molar-refractivity contribution in [1.29, 1.82) is 0 Å². The lowest BCUT2D eigenvalue weighted by Crippen LogP contribution is -2.57. The highest BCUT2D eigenvalue weighted by atomic mass is 32.2. The van der Waals surface area contributed by atoms with Crippen LogP contribution >= 0.6 is 11.8 Å². The Morgan fingerprint density at radius 2 is 2.19 bits per heavy atom. The first-order chi connectivity index (χ1) is 7.52. The van der Waals surface area contributed by atoms with Crippen LogP contribution < -0.4 is 5.32 Å². The minimum Gasteiger partial charge on any atom is -0.480 e. The quantitative estimate of drug-likeness (QED) is 0.763. The van der Waals surface area contributed by atoms with E-state index in [1.165, 1.54) is 16.7 Å². The summed E-state index contributed by atoms with van der Waals surface area (Å²) >= 11 is 1.48. The van der Waals surface area contributed by atoms with Crippen LogP contribution in [0.3, 0.4) is 0 Å². The Kier molecular flexibility index (Phi) is 3.01. The maximum Gasteiger partial charge on any atom is 0.327 e. The van der Waals surface area contributed by atoms with Gasteiger partial charge in [-0.05, 0) is 26.2 Å². The Bertz CT molecular complexity index is 317. The predicted octanol–water partition coefficient (Wildman–Crippen LogP) is 1.10. The minimum atomic E-state index is -0.918. The third kappa shape index (κ3) is 2.11. The second kappa shape index (κ2) is 4.16. The van der Waals surface area contributed by atoms with Crippen molar-refractivity contribution in [1.82, 2.24) is 10.2 Å². The molecule has 2 amide bonds. The van der Waals surface area contributed by atoms with E-state index in [2.05, 4.69) is 5.32 Å². The summed E-state index contributed by atoms with van der Waals surface area (Å²) in [5, 5.41) is 11.9. The molecule has 90 valence electrons. The van der Waals surface area contributed by atoms with E-state index in [9.17, 15) is 9.59 Å². The lowest BCUT2D eigenvalue weighted by molar-refractivity contribution is -0.140. The van der Waals surface area contributed by atoms with Crippen LogP contribution in [0.1, 0.15) is 26.2 Å². The summed E-state index contributed by atoms with van der Waals surface area (Å²) in [6.07, 6.45) is 3.10. The fraction of sp³-hybridized carbons (Fsp3) is 0.800. The fourth-order valence-electron chi connectivity index (χ4n) is 2.01. The summed E-state index contributed by atoms with van der Waals surface area (Å²) in [6, 6.07) is -0.909. The summed E-state index contributed by atoms with van der Waals surface area (Å²) in [5.41, 5.74) is -0.118. The Morgan fingerprint density at radius 3 is 2.69 bits per heavy atom. The zero-order valence-electron chi connectivity index (χ0n) is 9.23. The number of carboxylic acids is 1. The Morgan fingerprint density at radius 1 is 1.50 bits per heavy atom. The van der Waals surface area contributed by atoms with Crippen LogP contribution in [0.15, 0.2) is 0 Å². The maximum absolute atomic E-state index is 11.9. The fourth-order valence-corrected chi connectivity index (χ4v) is 3.15. The van der Waals surface area contributed by atoms with Crippen LogP contribution in [0.5, 0.6) is 0 Å². The second-order valence-corrected chi connectivity index (χ2v) is 5.67. The van der Waals surface area contributed by atoms with Crippen LogP contribution in [0.25, 0.3) is 0 Å². The van der Waals surface area contributed by atoms with Gasteiger partial charge in [0.25, 0.3) is 0 Å². The van der Waals surface area contributed by atoms with E-state index < -0.39 is 12.0 Å². The van der Waals surface area contributed by atoms with Gasteiger partial charge in [-0.15, -0.1) is 11.8 Å². The lowest BCUT2D eigenvalue weighted by Gasteiger charge is -2.40. The molecule has 0 radical (unpaired) electrons. The van der Waals surface area contributed by atoms with Crippen molar-refractivity contribution in [3.8, 4) is 0 Å². The summed E-state index contributed by atoms with van der Waals surface area (Å²) in [6.45, 7) is 2.01. The molecule has 0 aromatic heterocycles. The van der Waals surface area contributed by atoms with Crippen molar-refractivity contribution < 1.29 is 14.7 Å². The molecule has 5 nitrogen and oxygen atoms in total. The summed E-state index contributed by atoms with van der Waals surface area (Å²) < 4.78 is 0. The van der Waals surface area contributed by atoms with Crippen molar-refractivity contribution in [2.75, 3.05) is 11.6 Å². The molecule has 1 unspecified atom stereocenters. The van der Waals surface area contributed by atoms with E-state index in [1.54, 1.807) is 0 Å². The molecule has 1 saturated carbocycles. The lowest BCUT2D eigenvalue weighted by atomic mass is 9.79. The SMILES string of the molecule is CC1(NC(=O)N2CSCC2C(=O)O)CCC1. The van der Waals surface area contributed by atoms with E-state index >= 15 is 0 Å². The topological polar surface area (TPSA) is 69.6 Å². The molecule has 0 aromatic rings. The zero-order valence-corrected chi connectivity index (χ0v) is 10.0. The molecule has 6 heteroatoms. The van der Waals surface area contributed by atoms with Crippen LogP contribution in [-0.2, 0) is 4.79 Å². The van der Waals surface area contributed by atoms with Gasteiger partial charge in [0.05, 0.1) is 5.88 Å². The predicted molar refractivity (Wildman–Crippen MR) is 61.4 cm³/mol. The average molecular weight is 244 g/mol. The summed E-state index contributed by atoms with van der Waals surface area (Å²) in [4.78, 5) is 24.3. The maximum atomic E-state index is 11.9. The van der Waals surface area contributed by atoms with Gasteiger partial charge in [0.15, 0.2) is 0 Å². The Labute approximate surface area is 98.6 Å². The van der Waals surface area contributed by atoms with Crippen LogP contribution in [-0.4, -0.2) is 45.2 Å². The highest BCUT2D eigenvalue weighted by Gasteiger charge is 2.39. The van der Waals surface area contributed by atoms with Crippen molar-refractivity contribution >= 4 is 23.8 Å². The van der Waals surface area contributed by atoms with E-state index in [4.69, 9.17) is 5.11 Å². The molecule has 0 spiro atoms. The number of carbonyl (C=O) groups excluding carboxylic acids is 1. The van der Waals surface area contributed by atoms with Gasteiger partial charge in [-0.3, -0.25) is 0 Å². The van der Waals surface area contributed by atoms with Gasteiger partial charge in [-0.1, -0.05) is 0 Å². The average Bonchev–Trinajstić information content (AvgIpc) is 2.63. The number of nitrogens with one attached hydrogen (secondary N) is 1. The molecule has 16 heavy (non-hydrogen) atoms. The Hall–Kier alpha value is -0.910. The first-order valence-corrected chi connectivity index (χ1v) is 6.57. The standard InChI is InChI=1S/C10H16N2O3S/c1-10(3-2-4-10)11-9(15)12-6-16-5-7(12)8(13)14/h7H,2-6H2,1H3,(H,11,15)(H,13,14). The number of urea groups is 1. The Balaban J connectivity index is 1.95. The van der Waals surface area contributed by atoms with Crippen molar-refractivity contribution in [3.63, 3.8) is 0 Å². The molecule has 0 bridgehead atoms. The number of thioether (sulfide) groups is 1. The molecule has 1 atom stereocenters. The number of carbonyl (C=O) groups is 2.